The molecule has 0 spiro atoms. The van der Waals surface area contributed by atoms with Gasteiger partial charge in [-0.2, -0.15) is 0 Å². The van der Waals surface area contributed by atoms with Gasteiger partial charge in [0, 0.05) is 28.1 Å². The SMILES string of the molecule is Cc1cc(C(=O)CN(C)c2ccccc2C)c(C)s1. The monoisotopic (exact) mass is 273 g/mol. The Morgan fingerprint density at radius 3 is 2.47 bits per heavy atom. The Bertz CT molecular complexity index is 601. The second-order valence-electron chi connectivity index (χ2n) is 4.89. The molecule has 0 saturated heterocycles. The minimum Gasteiger partial charge on any atom is -0.367 e. The maximum absolute atomic E-state index is 12.3. The summed E-state index contributed by atoms with van der Waals surface area (Å²) < 4.78 is 0. The molecule has 0 amide bonds. The number of thiophene rings is 1. The Morgan fingerprint density at radius 1 is 1.21 bits per heavy atom. The van der Waals surface area contributed by atoms with Gasteiger partial charge < -0.3 is 4.90 Å². The molecule has 0 atom stereocenters. The van der Waals surface area contributed by atoms with Crippen LogP contribution >= 0.6 is 11.3 Å². The number of Topliss-reactive ketones (excluding diaryl/α,β-unsaturated/α-hetero) is 1. The van der Waals surface area contributed by atoms with Gasteiger partial charge in [-0.05, 0) is 38.5 Å². The predicted octanol–water partition coefficient (Wildman–Crippen LogP) is 3.99. The lowest BCUT2D eigenvalue weighted by Crippen LogP contribution is -2.26. The number of hydrogen-bond donors (Lipinski definition) is 0. The largest absolute Gasteiger partial charge is 0.367 e. The number of carbonyl (C=O) groups is 1. The van der Waals surface area contributed by atoms with Crippen LogP contribution in [0.25, 0.3) is 0 Å². The normalized spacial score (nSPS) is 10.5. The molecule has 1 heterocycles. The van der Waals surface area contributed by atoms with Crippen molar-refractivity contribution in [2.24, 2.45) is 0 Å². The van der Waals surface area contributed by atoms with Gasteiger partial charge in [-0.1, -0.05) is 18.2 Å². The number of hydrogen-bond acceptors (Lipinski definition) is 3. The van der Waals surface area contributed by atoms with Crippen LogP contribution in [0.15, 0.2) is 30.3 Å². The minimum atomic E-state index is 0.188. The molecular formula is C16H19NOS. The molecule has 0 unspecified atom stereocenters. The molecule has 2 aromatic rings. The molecule has 0 radical (unpaired) electrons. The molecule has 3 heteroatoms. The molecule has 0 N–H and O–H groups in total. The van der Waals surface area contributed by atoms with Gasteiger partial charge in [0.25, 0.3) is 0 Å². The third kappa shape index (κ3) is 3.04. The first kappa shape index (κ1) is 13.8. The molecule has 19 heavy (non-hydrogen) atoms. The van der Waals surface area contributed by atoms with Gasteiger partial charge in [0.05, 0.1) is 6.54 Å². The van der Waals surface area contributed by atoms with Crippen molar-refractivity contribution >= 4 is 22.8 Å². The maximum atomic E-state index is 12.3. The molecule has 0 fully saturated rings. The molecule has 2 nitrogen and oxygen atoms in total. The van der Waals surface area contributed by atoms with Crippen molar-refractivity contribution in [3.05, 3.63) is 51.2 Å². The van der Waals surface area contributed by atoms with Crippen LogP contribution in [0, 0.1) is 20.8 Å². The maximum Gasteiger partial charge on any atom is 0.183 e. The van der Waals surface area contributed by atoms with Gasteiger partial charge >= 0.3 is 0 Å². The molecule has 0 saturated carbocycles. The fraction of sp³-hybridized carbons (Fsp3) is 0.312. The number of aryl methyl sites for hydroxylation is 3. The summed E-state index contributed by atoms with van der Waals surface area (Å²) in [6, 6.07) is 10.1. The van der Waals surface area contributed by atoms with Crippen LogP contribution in [-0.2, 0) is 0 Å². The highest BCUT2D eigenvalue weighted by Crippen LogP contribution is 2.23. The molecule has 0 bridgehead atoms. The Kier molecular flexibility index (Phi) is 4.05. The van der Waals surface area contributed by atoms with E-state index >= 15 is 0 Å². The molecule has 100 valence electrons. The Hall–Kier alpha value is -1.61. The summed E-state index contributed by atoms with van der Waals surface area (Å²) in [5.41, 5.74) is 3.17. The summed E-state index contributed by atoms with van der Waals surface area (Å²) in [6.45, 7) is 6.54. The Labute approximate surface area is 118 Å². The highest BCUT2D eigenvalue weighted by Gasteiger charge is 2.15. The lowest BCUT2D eigenvalue weighted by molar-refractivity contribution is 0.1000. The van der Waals surface area contributed by atoms with Crippen molar-refractivity contribution in [2.45, 2.75) is 20.8 Å². The summed E-state index contributed by atoms with van der Waals surface area (Å²) in [4.78, 5) is 16.7. The van der Waals surface area contributed by atoms with Crippen molar-refractivity contribution < 1.29 is 4.79 Å². The lowest BCUT2D eigenvalue weighted by atomic mass is 10.1. The number of carbonyl (C=O) groups excluding carboxylic acids is 1. The number of para-hydroxylation sites is 1. The second kappa shape index (κ2) is 5.57. The highest BCUT2D eigenvalue weighted by atomic mass is 32.1. The minimum absolute atomic E-state index is 0.188. The van der Waals surface area contributed by atoms with E-state index in [4.69, 9.17) is 0 Å². The number of rotatable bonds is 4. The first-order valence-electron chi connectivity index (χ1n) is 6.36. The van der Waals surface area contributed by atoms with Crippen LogP contribution in [0.4, 0.5) is 5.69 Å². The van der Waals surface area contributed by atoms with E-state index in [2.05, 4.69) is 13.0 Å². The summed E-state index contributed by atoms with van der Waals surface area (Å²) in [5.74, 6) is 0.188. The number of ketones is 1. The zero-order valence-electron chi connectivity index (χ0n) is 11.9. The van der Waals surface area contributed by atoms with Crippen LogP contribution in [0.5, 0.6) is 0 Å². The van der Waals surface area contributed by atoms with Crippen molar-refractivity contribution in [3.63, 3.8) is 0 Å². The highest BCUT2D eigenvalue weighted by molar-refractivity contribution is 7.12. The number of likely N-dealkylation sites (N-methyl/N-ethyl adjacent to an activating group) is 1. The van der Waals surface area contributed by atoms with Crippen molar-refractivity contribution in [2.75, 3.05) is 18.5 Å². The Morgan fingerprint density at radius 2 is 1.89 bits per heavy atom. The van der Waals surface area contributed by atoms with E-state index in [1.54, 1.807) is 11.3 Å². The number of benzene rings is 1. The molecular weight excluding hydrogens is 254 g/mol. The molecule has 1 aromatic heterocycles. The molecule has 0 aliphatic heterocycles. The van der Waals surface area contributed by atoms with Crippen molar-refractivity contribution in [1.82, 2.24) is 0 Å². The summed E-state index contributed by atoms with van der Waals surface area (Å²) in [5, 5.41) is 0. The van der Waals surface area contributed by atoms with E-state index in [1.807, 2.05) is 50.1 Å². The van der Waals surface area contributed by atoms with Gasteiger partial charge in [-0.25, -0.2) is 0 Å². The zero-order valence-corrected chi connectivity index (χ0v) is 12.7. The third-order valence-electron chi connectivity index (χ3n) is 3.25. The van der Waals surface area contributed by atoms with Gasteiger partial charge in [-0.3, -0.25) is 4.79 Å². The molecule has 0 aliphatic rings. The van der Waals surface area contributed by atoms with Crippen molar-refractivity contribution in [1.29, 1.82) is 0 Å². The van der Waals surface area contributed by atoms with Gasteiger partial charge in [-0.15, -0.1) is 11.3 Å². The summed E-state index contributed by atoms with van der Waals surface area (Å²) in [7, 11) is 1.97. The molecule has 0 aliphatic carbocycles. The fourth-order valence-corrected chi connectivity index (χ4v) is 3.23. The van der Waals surface area contributed by atoms with Crippen LogP contribution in [0.2, 0.25) is 0 Å². The average Bonchev–Trinajstić information content (AvgIpc) is 2.69. The van der Waals surface area contributed by atoms with E-state index < -0.39 is 0 Å². The summed E-state index contributed by atoms with van der Waals surface area (Å²) >= 11 is 1.68. The van der Waals surface area contributed by atoms with E-state index in [9.17, 15) is 4.79 Å². The number of anilines is 1. The van der Waals surface area contributed by atoms with Gasteiger partial charge in [0.15, 0.2) is 5.78 Å². The van der Waals surface area contributed by atoms with E-state index in [0.717, 1.165) is 16.1 Å². The van der Waals surface area contributed by atoms with E-state index in [-0.39, 0.29) is 5.78 Å². The molecule has 2 rings (SSSR count). The first-order valence-corrected chi connectivity index (χ1v) is 7.17. The van der Waals surface area contributed by atoms with Crippen LogP contribution in [0.3, 0.4) is 0 Å². The standard InChI is InChI=1S/C16H19NOS/c1-11-7-5-6-8-15(11)17(4)10-16(18)14-9-12(2)19-13(14)3/h5-9H,10H2,1-4H3. The van der Waals surface area contributed by atoms with Crippen LogP contribution in [-0.4, -0.2) is 19.4 Å². The zero-order chi connectivity index (χ0) is 14.0. The fourth-order valence-electron chi connectivity index (χ4n) is 2.29. The topological polar surface area (TPSA) is 20.3 Å². The van der Waals surface area contributed by atoms with Gasteiger partial charge in [0.2, 0.25) is 0 Å². The first-order chi connectivity index (χ1) is 8.99. The molecule has 1 aromatic carbocycles. The van der Waals surface area contributed by atoms with E-state index in [0.29, 0.717) is 6.54 Å². The summed E-state index contributed by atoms with van der Waals surface area (Å²) in [6.07, 6.45) is 0. The third-order valence-corrected chi connectivity index (χ3v) is 4.21. The average molecular weight is 273 g/mol. The second-order valence-corrected chi connectivity index (χ2v) is 6.35. The number of nitrogens with zero attached hydrogens (tertiary/aromatic N) is 1. The van der Waals surface area contributed by atoms with Crippen molar-refractivity contribution in [3.8, 4) is 0 Å². The predicted molar refractivity (Wildman–Crippen MR) is 82.6 cm³/mol. The quantitative estimate of drug-likeness (QED) is 0.785. The smallest absolute Gasteiger partial charge is 0.183 e. The van der Waals surface area contributed by atoms with Crippen LogP contribution < -0.4 is 4.90 Å². The van der Waals surface area contributed by atoms with E-state index in [1.165, 1.54) is 10.4 Å². The van der Waals surface area contributed by atoms with Gasteiger partial charge in [0.1, 0.15) is 0 Å². The van der Waals surface area contributed by atoms with Crippen LogP contribution in [0.1, 0.15) is 25.7 Å². The lowest BCUT2D eigenvalue weighted by Gasteiger charge is -2.20. The Balaban J connectivity index is 2.15.